The fraction of sp³-hybridized carbons (Fsp3) is 0.455. The SMILES string of the molecule is O=S(=O)(NCC1(O)COC1)c1cc(Br)ccc1C(F)(F)F. The van der Waals surface area contributed by atoms with E-state index in [1.165, 1.54) is 0 Å². The first-order chi connectivity index (χ1) is 9.54. The molecule has 0 radical (unpaired) electrons. The van der Waals surface area contributed by atoms with Crippen molar-refractivity contribution in [3.05, 3.63) is 28.2 Å². The molecule has 0 spiro atoms. The Balaban J connectivity index is 2.32. The third-order valence-corrected chi connectivity index (χ3v) is 4.81. The van der Waals surface area contributed by atoms with Gasteiger partial charge in [0, 0.05) is 11.0 Å². The van der Waals surface area contributed by atoms with E-state index in [-0.39, 0.29) is 17.7 Å². The largest absolute Gasteiger partial charge is 0.417 e. The quantitative estimate of drug-likeness (QED) is 0.818. The van der Waals surface area contributed by atoms with Crippen molar-refractivity contribution in [2.24, 2.45) is 0 Å². The number of rotatable bonds is 4. The van der Waals surface area contributed by atoms with Crippen LogP contribution >= 0.6 is 15.9 Å². The highest BCUT2D eigenvalue weighted by atomic mass is 79.9. The van der Waals surface area contributed by atoms with E-state index in [2.05, 4.69) is 15.9 Å². The van der Waals surface area contributed by atoms with Crippen LogP contribution in [0.2, 0.25) is 0 Å². The molecule has 1 saturated heterocycles. The Hall–Kier alpha value is -0.680. The molecule has 0 saturated carbocycles. The molecule has 118 valence electrons. The van der Waals surface area contributed by atoms with Gasteiger partial charge in [0.2, 0.25) is 10.0 Å². The second kappa shape index (κ2) is 5.51. The monoisotopic (exact) mass is 389 g/mol. The van der Waals surface area contributed by atoms with Gasteiger partial charge in [-0.2, -0.15) is 13.2 Å². The summed E-state index contributed by atoms with van der Waals surface area (Å²) in [4.78, 5) is -0.895. The second-order valence-electron chi connectivity index (χ2n) is 4.68. The lowest BCUT2D eigenvalue weighted by Gasteiger charge is -2.36. The first kappa shape index (κ1) is 16.7. The Morgan fingerprint density at radius 1 is 1.38 bits per heavy atom. The van der Waals surface area contributed by atoms with Crippen molar-refractivity contribution in [1.29, 1.82) is 0 Å². The summed E-state index contributed by atoms with van der Waals surface area (Å²) in [5.41, 5.74) is -2.65. The van der Waals surface area contributed by atoms with E-state index in [1.54, 1.807) is 0 Å². The number of sulfonamides is 1. The van der Waals surface area contributed by atoms with E-state index in [1.807, 2.05) is 4.72 Å². The predicted octanol–water partition coefficient (Wildman–Crippen LogP) is 1.51. The van der Waals surface area contributed by atoms with Crippen LogP contribution in [0.4, 0.5) is 13.2 Å². The van der Waals surface area contributed by atoms with Crippen LogP contribution in [0.3, 0.4) is 0 Å². The molecule has 1 fully saturated rings. The first-order valence-electron chi connectivity index (χ1n) is 5.70. The summed E-state index contributed by atoms with van der Waals surface area (Å²) >= 11 is 2.94. The molecule has 2 rings (SSSR count). The first-order valence-corrected chi connectivity index (χ1v) is 7.98. The molecule has 0 bridgehead atoms. The minimum Gasteiger partial charge on any atom is -0.384 e. The van der Waals surface area contributed by atoms with Gasteiger partial charge in [0.25, 0.3) is 0 Å². The zero-order valence-corrected chi connectivity index (χ0v) is 12.8. The average Bonchev–Trinajstić information content (AvgIpc) is 2.32. The summed E-state index contributed by atoms with van der Waals surface area (Å²) in [6, 6.07) is 2.65. The van der Waals surface area contributed by atoms with E-state index in [0.717, 1.165) is 12.1 Å². The highest BCUT2D eigenvalue weighted by Gasteiger charge is 2.40. The summed E-state index contributed by atoms with van der Waals surface area (Å²) in [5.74, 6) is 0. The molecule has 5 nitrogen and oxygen atoms in total. The maximum Gasteiger partial charge on any atom is 0.417 e. The summed E-state index contributed by atoms with van der Waals surface area (Å²) in [6.45, 7) is -0.556. The molecule has 1 aromatic rings. The van der Waals surface area contributed by atoms with E-state index < -0.39 is 38.8 Å². The molecule has 1 aromatic carbocycles. The van der Waals surface area contributed by atoms with Crippen LogP contribution < -0.4 is 4.72 Å². The number of aliphatic hydroxyl groups is 1. The molecule has 0 aromatic heterocycles. The van der Waals surface area contributed by atoms with Gasteiger partial charge in [0.15, 0.2) is 0 Å². The van der Waals surface area contributed by atoms with Crippen LogP contribution in [0, 0.1) is 0 Å². The summed E-state index contributed by atoms with van der Waals surface area (Å²) in [7, 11) is -4.42. The fourth-order valence-electron chi connectivity index (χ4n) is 1.70. The van der Waals surface area contributed by atoms with Gasteiger partial charge in [-0.25, -0.2) is 13.1 Å². The molecule has 0 aliphatic carbocycles. The van der Waals surface area contributed by atoms with Crippen LogP contribution in [-0.4, -0.2) is 38.9 Å². The molecule has 1 heterocycles. The summed E-state index contributed by atoms with van der Waals surface area (Å²) in [5, 5.41) is 9.72. The van der Waals surface area contributed by atoms with Crippen molar-refractivity contribution in [2.45, 2.75) is 16.7 Å². The molecular weight excluding hydrogens is 379 g/mol. The molecular formula is C11H11BrF3NO4S. The minimum absolute atomic E-state index is 0.0693. The van der Waals surface area contributed by atoms with Gasteiger partial charge in [-0.15, -0.1) is 0 Å². The molecule has 2 N–H and O–H groups in total. The standard InChI is InChI=1S/C11H11BrF3NO4S/c12-7-1-2-8(11(13,14)15)9(3-7)21(18,19)16-4-10(17)5-20-6-10/h1-3,16-17H,4-6H2. The van der Waals surface area contributed by atoms with Crippen molar-refractivity contribution < 1.29 is 31.4 Å². The summed E-state index contributed by atoms with van der Waals surface area (Å²) < 4.78 is 69.7. The highest BCUT2D eigenvalue weighted by molar-refractivity contribution is 9.10. The molecule has 0 amide bonds. The predicted molar refractivity (Wildman–Crippen MR) is 70.1 cm³/mol. The number of hydrogen-bond acceptors (Lipinski definition) is 4. The van der Waals surface area contributed by atoms with Crippen molar-refractivity contribution in [3.63, 3.8) is 0 Å². The van der Waals surface area contributed by atoms with Gasteiger partial charge in [0.05, 0.1) is 23.7 Å². The number of halogens is 4. The zero-order valence-electron chi connectivity index (χ0n) is 10.4. The smallest absolute Gasteiger partial charge is 0.384 e. The van der Waals surface area contributed by atoms with Gasteiger partial charge in [-0.3, -0.25) is 0 Å². The maximum absolute atomic E-state index is 12.9. The molecule has 1 aliphatic rings. The number of nitrogens with one attached hydrogen (secondary N) is 1. The lowest BCUT2D eigenvalue weighted by atomic mass is 10.0. The van der Waals surface area contributed by atoms with Gasteiger partial charge in [-0.05, 0) is 18.2 Å². The molecule has 1 aliphatic heterocycles. The number of hydrogen-bond donors (Lipinski definition) is 2. The maximum atomic E-state index is 12.9. The van der Waals surface area contributed by atoms with Crippen LogP contribution in [-0.2, 0) is 20.9 Å². The van der Waals surface area contributed by atoms with Crippen LogP contribution in [0.15, 0.2) is 27.6 Å². The Bertz CT molecular complexity index is 643. The van der Waals surface area contributed by atoms with Crippen molar-refractivity contribution in [2.75, 3.05) is 19.8 Å². The van der Waals surface area contributed by atoms with Gasteiger partial charge in [0.1, 0.15) is 5.60 Å². The third-order valence-electron chi connectivity index (χ3n) is 2.87. The molecule has 0 unspecified atom stereocenters. The number of ether oxygens (including phenoxy) is 1. The Morgan fingerprint density at radius 3 is 2.48 bits per heavy atom. The molecule has 21 heavy (non-hydrogen) atoms. The van der Waals surface area contributed by atoms with Gasteiger partial charge >= 0.3 is 6.18 Å². The third kappa shape index (κ3) is 3.75. The summed E-state index contributed by atoms with van der Waals surface area (Å²) in [6.07, 6.45) is -4.80. The van der Waals surface area contributed by atoms with Gasteiger partial charge < -0.3 is 9.84 Å². The fourth-order valence-corrected chi connectivity index (χ4v) is 3.58. The zero-order chi connectivity index (χ0) is 15.9. The molecule has 10 heteroatoms. The van der Waals surface area contributed by atoms with Crippen molar-refractivity contribution in [1.82, 2.24) is 4.72 Å². The Labute approximate surface area is 127 Å². The van der Waals surface area contributed by atoms with Crippen molar-refractivity contribution >= 4 is 26.0 Å². The highest BCUT2D eigenvalue weighted by Crippen LogP contribution is 2.35. The Morgan fingerprint density at radius 2 is 2.00 bits per heavy atom. The number of benzene rings is 1. The Kier molecular flexibility index (Phi) is 4.37. The van der Waals surface area contributed by atoms with Crippen LogP contribution in [0.25, 0.3) is 0 Å². The van der Waals surface area contributed by atoms with E-state index in [0.29, 0.717) is 6.07 Å². The topological polar surface area (TPSA) is 75.6 Å². The number of alkyl halides is 3. The van der Waals surface area contributed by atoms with Gasteiger partial charge in [-0.1, -0.05) is 15.9 Å². The van der Waals surface area contributed by atoms with Crippen LogP contribution in [0.5, 0.6) is 0 Å². The van der Waals surface area contributed by atoms with E-state index in [4.69, 9.17) is 4.74 Å². The van der Waals surface area contributed by atoms with Crippen molar-refractivity contribution in [3.8, 4) is 0 Å². The lowest BCUT2D eigenvalue weighted by molar-refractivity contribution is -0.172. The lowest BCUT2D eigenvalue weighted by Crippen LogP contribution is -2.56. The van der Waals surface area contributed by atoms with E-state index >= 15 is 0 Å². The normalized spacial score (nSPS) is 18.3. The van der Waals surface area contributed by atoms with Crippen LogP contribution in [0.1, 0.15) is 5.56 Å². The van der Waals surface area contributed by atoms with E-state index in [9.17, 15) is 26.7 Å². The molecule has 0 atom stereocenters. The second-order valence-corrected chi connectivity index (χ2v) is 7.33. The average molecular weight is 390 g/mol. The minimum atomic E-state index is -4.80.